The Bertz CT molecular complexity index is 1210. The molecule has 0 spiro atoms. The second kappa shape index (κ2) is 9.17. The molecule has 0 amide bonds. The Morgan fingerprint density at radius 1 is 0.938 bits per heavy atom. The van der Waals surface area contributed by atoms with E-state index in [4.69, 9.17) is 0 Å². The van der Waals surface area contributed by atoms with Gasteiger partial charge in [0.15, 0.2) is 0 Å². The standard InChI is InChI=1S/C22H22F3N3O2S.ClH/c1-27(17-6-4-5-16(15-17)22(23,24)25)31(29,30)21-10-9-20(28-13-11-26-12-14-28)18-7-2-3-8-19(18)21;/h2-10,15,26H,11-14H2,1H3;1H. The van der Waals surface area contributed by atoms with Gasteiger partial charge in [-0.2, -0.15) is 13.2 Å². The number of nitrogens with one attached hydrogen (secondary N) is 1. The van der Waals surface area contributed by atoms with E-state index in [-0.39, 0.29) is 23.0 Å². The number of halogens is 4. The van der Waals surface area contributed by atoms with Gasteiger partial charge in [0.25, 0.3) is 10.0 Å². The molecular formula is C22H23ClF3N3O2S. The first-order valence-corrected chi connectivity index (χ1v) is 11.3. The molecule has 32 heavy (non-hydrogen) atoms. The van der Waals surface area contributed by atoms with Crippen molar-refractivity contribution in [3.8, 4) is 0 Å². The van der Waals surface area contributed by atoms with Gasteiger partial charge in [0, 0.05) is 49.7 Å². The van der Waals surface area contributed by atoms with Crippen molar-refractivity contribution in [2.75, 3.05) is 42.4 Å². The van der Waals surface area contributed by atoms with Crippen LogP contribution in [0.15, 0.2) is 65.6 Å². The summed E-state index contributed by atoms with van der Waals surface area (Å²) in [5, 5.41) is 4.63. The summed E-state index contributed by atoms with van der Waals surface area (Å²) in [5.74, 6) is 0. The molecule has 3 aromatic rings. The molecular weight excluding hydrogens is 463 g/mol. The predicted molar refractivity (Wildman–Crippen MR) is 123 cm³/mol. The summed E-state index contributed by atoms with van der Waals surface area (Å²) < 4.78 is 67.0. The first-order valence-electron chi connectivity index (χ1n) is 9.83. The lowest BCUT2D eigenvalue weighted by atomic mass is 10.1. The van der Waals surface area contributed by atoms with Crippen LogP contribution in [0.2, 0.25) is 0 Å². The van der Waals surface area contributed by atoms with Gasteiger partial charge in [-0.15, -0.1) is 12.4 Å². The monoisotopic (exact) mass is 485 g/mol. The maximum absolute atomic E-state index is 13.4. The largest absolute Gasteiger partial charge is 0.416 e. The Kier molecular flexibility index (Phi) is 6.92. The molecule has 172 valence electrons. The average molecular weight is 486 g/mol. The zero-order chi connectivity index (χ0) is 22.2. The van der Waals surface area contributed by atoms with E-state index in [0.29, 0.717) is 5.39 Å². The molecule has 0 unspecified atom stereocenters. The maximum atomic E-state index is 13.4. The SMILES string of the molecule is CN(c1cccc(C(F)(F)F)c1)S(=O)(=O)c1ccc(N2CCNCC2)c2ccccc12.Cl. The van der Waals surface area contributed by atoms with Gasteiger partial charge in [-0.05, 0) is 30.3 Å². The zero-order valence-corrected chi connectivity index (χ0v) is 18.9. The number of hydrogen-bond acceptors (Lipinski definition) is 4. The molecule has 1 heterocycles. The van der Waals surface area contributed by atoms with Crippen molar-refractivity contribution in [1.29, 1.82) is 0 Å². The molecule has 0 atom stereocenters. The number of fused-ring (bicyclic) bond motifs is 1. The van der Waals surface area contributed by atoms with Gasteiger partial charge in [-0.3, -0.25) is 4.31 Å². The Morgan fingerprint density at radius 3 is 2.25 bits per heavy atom. The predicted octanol–water partition coefficient (Wildman–Crippen LogP) is 4.52. The van der Waals surface area contributed by atoms with E-state index in [0.717, 1.165) is 53.7 Å². The number of piperazine rings is 1. The Morgan fingerprint density at radius 2 is 1.59 bits per heavy atom. The minimum Gasteiger partial charge on any atom is -0.368 e. The van der Waals surface area contributed by atoms with Crippen LogP contribution in [0.4, 0.5) is 24.5 Å². The van der Waals surface area contributed by atoms with E-state index < -0.39 is 21.8 Å². The second-order valence-corrected chi connectivity index (χ2v) is 9.32. The summed E-state index contributed by atoms with van der Waals surface area (Å²) in [6.07, 6.45) is -4.56. The maximum Gasteiger partial charge on any atom is 0.416 e. The minimum absolute atomic E-state index is 0. The van der Waals surface area contributed by atoms with Crippen LogP contribution in [0.5, 0.6) is 0 Å². The van der Waals surface area contributed by atoms with Crippen molar-refractivity contribution >= 4 is 44.6 Å². The van der Waals surface area contributed by atoms with Crippen molar-refractivity contribution in [3.63, 3.8) is 0 Å². The fourth-order valence-electron chi connectivity index (χ4n) is 3.83. The molecule has 0 saturated carbocycles. The highest BCUT2D eigenvalue weighted by molar-refractivity contribution is 7.93. The van der Waals surface area contributed by atoms with E-state index in [1.807, 2.05) is 12.1 Å². The molecule has 0 aliphatic carbocycles. The number of anilines is 2. The summed E-state index contributed by atoms with van der Waals surface area (Å²) in [5.41, 5.74) is -0.00572. The molecule has 4 rings (SSSR count). The molecule has 1 saturated heterocycles. The number of hydrogen-bond donors (Lipinski definition) is 1. The van der Waals surface area contributed by atoms with Gasteiger partial charge < -0.3 is 10.2 Å². The molecule has 0 radical (unpaired) electrons. The highest BCUT2D eigenvalue weighted by atomic mass is 35.5. The van der Waals surface area contributed by atoms with E-state index in [2.05, 4.69) is 10.2 Å². The first kappa shape index (κ1) is 24.2. The number of sulfonamides is 1. The molecule has 0 aromatic heterocycles. The van der Waals surface area contributed by atoms with Crippen LogP contribution in [0.25, 0.3) is 10.8 Å². The lowest BCUT2D eigenvalue weighted by molar-refractivity contribution is -0.137. The van der Waals surface area contributed by atoms with E-state index in [9.17, 15) is 21.6 Å². The van der Waals surface area contributed by atoms with Gasteiger partial charge in [0.05, 0.1) is 16.1 Å². The molecule has 1 fully saturated rings. The summed E-state index contributed by atoms with van der Waals surface area (Å²) >= 11 is 0. The Balaban J connectivity index is 0.00000289. The quantitative estimate of drug-likeness (QED) is 0.590. The van der Waals surface area contributed by atoms with Crippen molar-refractivity contribution in [2.24, 2.45) is 0 Å². The normalized spacial score (nSPS) is 14.8. The topological polar surface area (TPSA) is 52.7 Å². The highest BCUT2D eigenvalue weighted by Crippen LogP contribution is 2.36. The fourth-order valence-corrected chi connectivity index (χ4v) is 5.21. The Labute approximate surface area is 191 Å². The van der Waals surface area contributed by atoms with Crippen molar-refractivity contribution in [3.05, 3.63) is 66.2 Å². The molecule has 5 nitrogen and oxygen atoms in total. The van der Waals surface area contributed by atoms with Crippen LogP contribution in [0.1, 0.15) is 5.56 Å². The van der Waals surface area contributed by atoms with Gasteiger partial charge in [-0.1, -0.05) is 30.3 Å². The number of nitrogens with zero attached hydrogens (tertiary/aromatic N) is 2. The van der Waals surface area contributed by atoms with Gasteiger partial charge >= 0.3 is 6.18 Å². The number of alkyl halides is 3. The van der Waals surface area contributed by atoms with Crippen LogP contribution in [0, 0.1) is 0 Å². The third-order valence-corrected chi connectivity index (χ3v) is 7.34. The number of rotatable bonds is 4. The summed E-state index contributed by atoms with van der Waals surface area (Å²) in [4.78, 5) is 2.26. The smallest absolute Gasteiger partial charge is 0.368 e. The minimum atomic E-state index is -4.56. The Hall–Kier alpha value is -2.49. The van der Waals surface area contributed by atoms with Crippen molar-refractivity contribution in [2.45, 2.75) is 11.1 Å². The van der Waals surface area contributed by atoms with Crippen LogP contribution < -0.4 is 14.5 Å². The van der Waals surface area contributed by atoms with Crippen LogP contribution in [0.3, 0.4) is 0 Å². The fraction of sp³-hybridized carbons (Fsp3) is 0.273. The van der Waals surface area contributed by atoms with Crippen LogP contribution in [-0.4, -0.2) is 41.6 Å². The summed E-state index contributed by atoms with van der Waals surface area (Å²) in [6, 6.07) is 14.8. The molecule has 0 bridgehead atoms. The summed E-state index contributed by atoms with van der Waals surface area (Å²) in [7, 11) is -2.83. The second-order valence-electron chi connectivity index (χ2n) is 7.39. The molecule has 1 aliphatic rings. The molecule has 1 aliphatic heterocycles. The average Bonchev–Trinajstić information content (AvgIpc) is 2.78. The lowest BCUT2D eigenvalue weighted by Crippen LogP contribution is -2.43. The van der Waals surface area contributed by atoms with Crippen LogP contribution >= 0.6 is 12.4 Å². The zero-order valence-electron chi connectivity index (χ0n) is 17.3. The van der Waals surface area contributed by atoms with Crippen LogP contribution in [-0.2, 0) is 16.2 Å². The molecule has 1 N–H and O–H groups in total. The van der Waals surface area contributed by atoms with Gasteiger partial charge in [0.1, 0.15) is 0 Å². The third-order valence-electron chi connectivity index (χ3n) is 5.49. The molecule has 10 heteroatoms. The van der Waals surface area contributed by atoms with E-state index in [1.54, 1.807) is 24.3 Å². The first-order chi connectivity index (χ1) is 14.7. The van der Waals surface area contributed by atoms with E-state index in [1.165, 1.54) is 19.2 Å². The van der Waals surface area contributed by atoms with Crippen molar-refractivity contribution in [1.82, 2.24) is 5.32 Å². The van der Waals surface area contributed by atoms with E-state index >= 15 is 0 Å². The van der Waals surface area contributed by atoms with Crippen molar-refractivity contribution < 1.29 is 21.6 Å². The number of benzene rings is 3. The molecule has 3 aromatic carbocycles. The lowest BCUT2D eigenvalue weighted by Gasteiger charge is -2.31. The third kappa shape index (κ3) is 4.51. The van der Waals surface area contributed by atoms with Gasteiger partial charge in [-0.25, -0.2) is 8.42 Å². The highest BCUT2D eigenvalue weighted by Gasteiger charge is 2.32. The van der Waals surface area contributed by atoms with Gasteiger partial charge in [0.2, 0.25) is 0 Å². The summed E-state index contributed by atoms with van der Waals surface area (Å²) in [6.45, 7) is 3.29.